The third-order valence-electron chi connectivity index (χ3n) is 11.7. The molecule has 0 aromatic carbocycles. The van der Waals surface area contributed by atoms with E-state index in [1.54, 1.807) is 0 Å². The highest BCUT2D eigenvalue weighted by Gasteiger charge is 2.16. The summed E-state index contributed by atoms with van der Waals surface area (Å²) < 4.78 is 10.7. The lowest BCUT2D eigenvalue weighted by Gasteiger charge is -2.15. The van der Waals surface area contributed by atoms with E-state index in [2.05, 4.69) is 148 Å². The van der Waals surface area contributed by atoms with E-state index in [9.17, 15) is 14.7 Å². The van der Waals surface area contributed by atoms with Crippen LogP contribution in [0.1, 0.15) is 239 Å². The fourth-order valence-electron chi connectivity index (χ4n) is 7.45. The minimum atomic E-state index is -0.785. The molecule has 69 heavy (non-hydrogen) atoms. The lowest BCUT2D eigenvalue weighted by Crippen LogP contribution is -2.28. The number of carbonyl (C=O) groups excluding carboxylic acids is 2. The van der Waals surface area contributed by atoms with Crippen LogP contribution in [0.2, 0.25) is 0 Å². The number of rotatable bonds is 50. The van der Waals surface area contributed by atoms with Gasteiger partial charge in [-0.3, -0.25) is 9.59 Å². The number of allylic oxidation sites excluding steroid dienone is 22. The molecule has 1 N–H and O–H groups in total. The maximum absolute atomic E-state index is 12.3. The molecule has 0 amide bonds. The molecule has 0 heterocycles. The summed E-state index contributed by atoms with van der Waals surface area (Å²) >= 11 is 0. The van der Waals surface area contributed by atoms with Crippen LogP contribution in [0.15, 0.2) is 134 Å². The molecular formula is C64H104O5. The summed E-state index contributed by atoms with van der Waals surface area (Å²) in [6.07, 6.45) is 87.1. The molecule has 390 valence electrons. The van der Waals surface area contributed by atoms with Crippen LogP contribution in [0.3, 0.4) is 0 Å². The number of aliphatic hydroxyl groups excluding tert-OH is 1. The number of ether oxygens (including phenoxy) is 2. The minimum absolute atomic E-state index is 0.0788. The van der Waals surface area contributed by atoms with Gasteiger partial charge in [-0.15, -0.1) is 0 Å². The number of hydrogen-bond acceptors (Lipinski definition) is 5. The molecule has 0 bridgehead atoms. The van der Waals surface area contributed by atoms with Gasteiger partial charge in [0, 0.05) is 12.8 Å². The summed E-state index contributed by atoms with van der Waals surface area (Å²) in [5, 5.41) is 9.62. The lowest BCUT2D eigenvalue weighted by molar-refractivity contribution is -0.161. The molecule has 1 unspecified atom stereocenters. The first-order chi connectivity index (χ1) is 34.1. The van der Waals surface area contributed by atoms with Gasteiger partial charge >= 0.3 is 11.9 Å². The van der Waals surface area contributed by atoms with Crippen molar-refractivity contribution in [2.75, 3.05) is 13.2 Å². The average Bonchev–Trinajstić information content (AvgIpc) is 3.35. The highest BCUT2D eigenvalue weighted by Crippen LogP contribution is 2.15. The number of esters is 2. The Kier molecular flexibility index (Phi) is 55.0. The van der Waals surface area contributed by atoms with Crippen LogP contribution in [0.4, 0.5) is 0 Å². The van der Waals surface area contributed by atoms with Gasteiger partial charge in [0.2, 0.25) is 0 Å². The molecular weight excluding hydrogens is 849 g/mol. The Labute approximate surface area is 425 Å². The Morgan fingerprint density at radius 2 is 0.623 bits per heavy atom. The SMILES string of the molecule is CC/C=C\C/C=C\C/C=C\C/C=C\C/C=C\C/C=C\C/C=C\C/C=C\C/C=C\CCCCCCCCCCCCCCCC(=O)OC(CO)COC(=O)CCCCCCC/C=C\C/C=C\CCCC. The fraction of sp³-hybridized carbons (Fsp3) is 0.625. The van der Waals surface area contributed by atoms with Gasteiger partial charge in [-0.25, -0.2) is 0 Å². The van der Waals surface area contributed by atoms with E-state index >= 15 is 0 Å². The standard InChI is InChI=1S/C64H104O5/c1-3-5-7-9-11-13-15-17-19-20-21-22-23-24-25-26-27-28-29-30-31-32-33-34-35-36-37-38-39-40-41-42-43-44-45-47-49-51-53-55-57-59-64(67)69-62(60-65)61-68-63(66)58-56-54-52-50-48-46-18-16-14-12-10-8-6-4-2/h5,7,10-13,16-19,21-22,24-25,27-28,30-31,33-34,36-37,62,65H,3-4,6,8-9,14-15,20,23,26,29,32,35,38-61H2,1-2H3/b7-5-,12-10-,13-11-,18-16-,19-17-,22-21-,25-24-,28-27-,31-30-,34-33-,37-36-. The van der Waals surface area contributed by atoms with E-state index in [4.69, 9.17) is 9.47 Å². The quantitative estimate of drug-likeness (QED) is 0.0374. The molecule has 0 aromatic rings. The van der Waals surface area contributed by atoms with Crippen molar-refractivity contribution in [3.8, 4) is 0 Å². The number of hydrogen-bond donors (Lipinski definition) is 1. The Hall–Kier alpha value is -3.96. The van der Waals surface area contributed by atoms with Crippen LogP contribution in [0, 0.1) is 0 Å². The van der Waals surface area contributed by atoms with Gasteiger partial charge in [0.15, 0.2) is 6.10 Å². The van der Waals surface area contributed by atoms with Crippen molar-refractivity contribution < 1.29 is 24.2 Å². The fourth-order valence-corrected chi connectivity index (χ4v) is 7.45. The molecule has 0 aliphatic rings. The monoisotopic (exact) mass is 953 g/mol. The summed E-state index contributed by atoms with van der Waals surface area (Å²) in [4.78, 5) is 24.4. The Morgan fingerprint density at radius 3 is 0.942 bits per heavy atom. The zero-order chi connectivity index (χ0) is 49.9. The van der Waals surface area contributed by atoms with Gasteiger partial charge in [0.25, 0.3) is 0 Å². The Balaban J connectivity index is 3.55. The first-order valence-electron chi connectivity index (χ1n) is 28.2. The van der Waals surface area contributed by atoms with E-state index < -0.39 is 6.10 Å². The summed E-state index contributed by atoms with van der Waals surface area (Å²) in [5.74, 6) is -0.613. The van der Waals surface area contributed by atoms with Gasteiger partial charge in [0.1, 0.15) is 6.61 Å². The number of unbranched alkanes of at least 4 members (excludes halogenated alkanes) is 20. The van der Waals surface area contributed by atoms with E-state index in [0.29, 0.717) is 12.8 Å². The normalized spacial score (nSPS) is 13.3. The van der Waals surface area contributed by atoms with Gasteiger partial charge in [-0.05, 0) is 109 Å². The van der Waals surface area contributed by atoms with Crippen LogP contribution in [-0.2, 0) is 19.1 Å². The van der Waals surface area contributed by atoms with Crippen LogP contribution >= 0.6 is 0 Å². The van der Waals surface area contributed by atoms with Gasteiger partial charge in [-0.1, -0.05) is 250 Å². The zero-order valence-electron chi connectivity index (χ0n) is 44.5. The molecule has 0 fully saturated rings. The molecule has 1 atom stereocenters. The van der Waals surface area contributed by atoms with Crippen molar-refractivity contribution in [1.82, 2.24) is 0 Å². The number of carbonyl (C=O) groups is 2. The summed E-state index contributed by atoms with van der Waals surface area (Å²) in [6.45, 7) is 3.97. The molecule has 0 radical (unpaired) electrons. The summed E-state index contributed by atoms with van der Waals surface area (Å²) in [5.41, 5.74) is 0. The first kappa shape index (κ1) is 65.0. The van der Waals surface area contributed by atoms with Crippen molar-refractivity contribution in [2.24, 2.45) is 0 Å². The molecule has 0 saturated heterocycles. The molecule has 0 spiro atoms. The molecule has 5 nitrogen and oxygen atoms in total. The predicted octanol–water partition coefficient (Wildman–Crippen LogP) is 19.2. The van der Waals surface area contributed by atoms with Crippen LogP contribution in [-0.4, -0.2) is 36.4 Å². The van der Waals surface area contributed by atoms with Crippen molar-refractivity contribution in [1.29, 1.82) is 0 Å². The van der Waals surface area contributed by atoms with Crippen LogP contribution in [0.25, 0.3) is 0 Å². The minimum Gasteiger partial charge on any atom is -0.462 e. The third-order valence-corrected chi connectivity index (χ3v) is 11.7. The Bertz CT molecular complexity index is 1450. The Morgan fingerprint density at radius 1 is 0.348 bits per heavy atom. The zero-order valence-corrected chi connectivity index (χ0v) is 44.5. The predicted molar refractivity (Wildman–Crippen MR) is 301 cm³/mol. The van der Waals surface area contributed by atoms with E-state index in [1.165, 1.54) is 103 Å². The van der Waals surface area contributed by atoms with Crippen molar-refractivity contribution in [2.45, 2.75) is 245 Å². The summed E-state index contributed by atoms with van der Waals surface area (Å²) in [7, 11) is 0. The summed E-state index contributed by atoms with van der Waals surface area (Å²) in [6, 6.07) is 0. The largest absolute Gasteiger partial charge is 0.462 e. The maximum Gasteiger partial charge on any atom is 0.306 e. The highest BCUT2D eigenvalue weighted by molar-refractivity contribution is 5.70. The molecule has 0 aliphatic carbocycles. The van der Waals surface area contributed by atoms with Crippen molar-refractivity contribution in [3.63, 3.8) is 0 Å². The van der Waals surface area contributed by atoms with Crippen molar-refractivity contribution in [3.05, 3.63) is 134 Å². The second kappa shape index (κ2) is 58.4. The smallest absolute Gasteiger partial charge is 0.306 e. The third kappa shape index (κ3) is 56.5. The van der Waals surface area contributed by atoms with Gasteiger partial charge in [0.05, 0.1) is 6.61 Å². The van der Waals surface area contributed by atoms with Crippen LogP contribution in [0.5, 0.6) is 0 Å². The van der Waals surface area contributed by atoms with E-state index in [1.807, 2.05) is 0 Å². The molecule has 0 aromatic heterocycles. The van der Waals surface area contributed by atoms with Crippen LogP contribution < -0.4 is 0 Å². The van der Waals surface area contributed by atoms with Gasteiger partial charge in [-0.2, -0.15) is 0 Å². The van der Waals surface area contributed by atoms with Gasteiger partial charge < -0.3 is 14.6 Å². The second-order valence-electron chi connectivity index (χ2n) is 18.3. The number of aliphatic hydroxyl groups is 1. The van der Waals surface area contributed by atoms with E-state index in [-0.39, 0.29) is 25.2 Å². The molecule has 0 saturated carbocycles. The second-order valence-corrected chi connectivity index (χ2v) is 18.3. The lowest BCUT2D eigenvalue weighted by atomic mass is 10.0. The molecule has 0 aliphatic heterocycles. The topological polar surface area (TPSA) is 72.8 Å². The first-order valence-corrected chi connectivity index (χ1v) is 28.2. The maximum atomic E-state index is 12.3. The highest BCUT2D eigenvalue weighted by atomic mass is 16.6. The van der Waals surface area contributed by atoms with E-state index in [0.717, 1.165) is 109 Å². The average molecular weight is 954 g/mol. The van der Waals surface area contributed by atoms with Crippen molar-refractivity contribution >= 4 is 11.9 Å². The molecule has 5 heteroatoms. The molecule has 0 rings (SSSR count).